The zero-order chi connectivity index (χ0) is 19.7. The summed E-state index contributed by atoms with van der Waals surface area (Å²) in [5.41, 5.74) is 1.88. The van der Waals surface area contributed by atoms with Gasteiger partial charge in [0.1, 0.15) is 24.0 Å². The summed E-state index contributed by atoms with van der Waals surface area (Å²) in [4.78, 5) is 8.22. The van der Waals surface area contributed by atoms with Gasteiger partial charge >= 0.3 is 0 Å². The Labute approximate surface area is 168 Å². The second kappa shape index (κ2) is 7.49. The molecule has 0 aliphatic carbocycles. The van der Waals surface area contributed by atoms with Gasteiger partial charge in [0.05, 0.1) is 11.7 Å². The number of benzene rings is 1. The van der Waals surface area contributed by atoms with Crippen molar-refractivity contribution in [1.82, 2.24) is 29.4 Å². The minimum Gasteiger partial charge on any atom is -0.360 e. The molecule has 0 aliphatic rings. The van der Waals surface area contributed by atoms with Crippen LogP contribution in [0.1, 0.15) is 0 Å². The van der Waals surface area contributed by atoms with E-state index in [1.165, 1.54) is 6.33 Å². The summed E-state index contributed by atoms with van der Waals surface area (Å²) in [5, 5.41) is 13.4. The minimum atomic E-state index is -1.10. The summed E-state index contributed by atoms with van der Waals surface area (Å²) in [6, 6.07) is 8.88. The van der Waals surface area contributed by atoms with Crippen LogP contribution in [-0.2, 0) is 11.5 Å². The Bertz CT molecular complexity index is 1120. The Morgan fingerprint density at radius 3 is 2.86 bits per heavy atom. The number of hydrogen-bond donors (Lipinski definition) is 1. The highest BCUT2D eigenvalue weighted by Crippen LogP contribution is 2.24. The van der Waals surface area contributed by atoms with Gasteiger partial charge in [-0.1, -0.05) is 31.2 Å². The normalized spacial score (nSPS) is 12.1. The fourth-order valence-electron chi connectivity index (χ4n) is 2.80. The van der Waals surface area contributed by atoms with Crippen molar-refractivity contribution >= 4 is 47.9 Å². The summed E-state index contributed by atoms with van der Waals surface area (Å²) >= 11 is 6.09. The van der Waals surface area contributed by atoms with E-state index in [0.29, 0.717) is 23.5 Å². The molecule has 1 N–H and O–H groups in total. The summed E-state index contributed by atoms with van der Waals surface area (Å²) in [6.07, 6.45) is 3.29. The molecule has 0 atom stereocenters. The summed E-state index contributed by atoms with van der Waals surface area (Å²) in [7, 11) is -1.10. The Morgan fingerprint density at radius 1 is 1.18 bits per heavy atom. The molecule has 0 spiro atoms. The molecule has 3 heterocycles. The van der Waals surface area contributed by atoms with Gasteiger partial charge in [-0.25, -0.2) is 4.68 Å². The molecule has 0 saturated carbocycles. The van der Waals surface area contributed by atoms with Crippen LogP contribution < -0.4 is 5.32 Å². The SMILES string of the molecule is C[Si](C)(C)CCOCn1ncc2ccc(Nc3cc(Cl)nc4ncnn34)cc21. The number of rotatable bonds is 7. The van der Waals surface area contributed by atoms with Crippen LogP contribution in [0.4, 0.5) is 11.5 Å². The third-order valence-corrected chi connectivity index (χ3v) is 6.25. The maximum Gasteiger partial charge on any atom is 0.255 e. The first-order chi connectivity index (χ1) is 13.4. The van der Waals surface area contributed by atoms with Crippen molar-refractivity contribution in [1.29, 1.82) is 0 Å². The van der Waals surface area contributed by atoms with Crippen LogP contribution in [0.3, 0.4) is 0 Å². The van der Waals surface area contributed by atoms with Crippen LogP contribution in [0.5, 0.6) is 0 Å². The number of anilines is 2. The van der Waals surface area contributed by atoms with Gasteiger partial charge in [-0.3, -0.25) is 0 Å². The lowest BCUT2D eigenvalue weighted by Crippen LogP contribution is -2.22. The summed E-state index contributed by atoms with van der Waals surface area (Å²) < 4.78 is 9.32. The Hall–Kier alpha value is -2.49. The number of aromatic nitrogens is 6. The van der Waals surface area contributed by atoms with E-state index in [1.807, 2.05) is 29.1 Å². The predicted octanol–water partition coefficient (Wildman–Crippen LogP) is 4.18. The molecule has 1 aromatic carbocycles. The first-order valence-electron chi connectivity index (χ1n) is 9.06. The molecule has 28 heavy (non-hydrogen) atoms. The fraction of sp³-hybridized carbons (Fsp3) is 0.333. The highest BCUT2D eigenvalue weighted by molar-refractivity contribution is 6.76. The Balaban J connectivity index is 1.54. The first-order valence-corrected chi connectivity index (χ1v) is 13.1. The van der Waals surface area contributed by atoms with E-state index in [-0.39, 0.29) is 0 Å². The van der Waals surface area contributed by atoms with Crippen molar-refractivity contribution in [3.05, 3.63) is 41.9 Å². The van der Waals surface area contributed by atoms with E-state index in [1.54, 1.807) is 10.6 Å². The molecule has 8 nitrogen and oxygen atoms in total. The maximum atomic E-state index is 6.09. The van der Waals surface area contributed by atoms with E-state index in [2.05, 4.69) is 45.1 Å². The van der Waals surface area contributed by atoms with Crippen molar-refractivity contribution in [3.8, 4) is 0 Å². The zero-order valence-corrected chi connectivity index (χ0v) is 17.8. The fourth-order valence-corrected chi connectivity index (χ4v) is 3.74. The highest BCUT2D eigenvalue weighted by Gasteiger charge is 2.13. The van der Waals surface area contributed by atoms with Gasteiger partial charge in [-0.2, -0.15) is 24.7 Å². The Kier molecular flexibility index (Phi) is 5.05. The van der Waals surface area contributed by atoms with E-state index < -0.39 is 8.07 Å². The lowest BCUT2D eigenvalue weighted by atomic mass is 10.2. The van der Waals surface area contributed by atoms with Gasteiger partial charge in [0.25, 0.3) is 5.78 Å². The molecular weight excluding hydrogens is 394 g/mol. The molecule has 0 saturated heterocycles. The third-order valence-electron chi connectivity index (χ3n) is 4.35. The van der Waals surface area contributed by atoms with Crippen molar-refractivity contribution in [3.63, 3.8) is 0 Å². The lowest BCUT2D eigenvalue weighted by Gasteiger charge is -2.15. The van der Waals surface area contributed by atoms with Crippen LogP contribution in [0.2, 0.25) is 30.8 Å². The molecule has 0 aliphatic heterocycles. The van der Waals surface area contributed by atoms with E-state index in [4.69, 9.17) is 16.3 Å². The van der Waals surface area contributed by atoms with Crippen LogP contribution in [0, 0.1) is 0 Å². The molecule has 146 valence electrons. The second-order valence-electron chi connectivity index (χ2n) is 7.83. The molecule has 0 bridgehead atoms. The van der Waals surface area contributed by atoms with Gasteiger partial charge in [0.2, 0.25) is 0 Å². The van der Waals surface area contributed by atoms with Crippen LogP contribution in [-0.4, -0.2) is 44.0 Å². The second-order valence-corrected chi connectivity index (χ2v) is 13.8. The number of halogens is 1. The molecule has 0 amide bonds. The number of ether oxygens (including phenoxy) is 1. The number of fused-ring (bicyclic) bond motifs is 2. The third kappa shape index (κ3) is 4.16. The summed E-state index contributed by atoms with van der Waals surface area (Å²) in [5.74, 6) is 1.13. The molecular formula is C18H22ClN7OSi. The molecule has 0 unspecified atom stereocenters. The topological polar surface area (TPSA) is 82.2 Å². The van der Waals surface area contributed by atoms with Crippen molar-refractivity contribution in [2.75, 3.05) is 11.9 Å². The van der Waals surface area contributed by atoms with Gasteiger partial charge in [0, 0.05) is 31.8 Å². The predicted molar refractivity (Wildman–Crippen MR) is 113 cm³/mol. The average Bonchev–Trinajstić information content (AvgIpc) is 3.24. The summed E-state index contributed by atoms with van der Waals surface area (Å²) in [6.45, 7) is 8.22. The van der Waals surface area contributed by atoms with Crippen molar-refractivity contribution < 1.29 is 4.74 Å². The number of hydrogen-bond acceptors (Lipinski definition) is 6. The standard InChI is InChI=1S/C18H22ClN7OSi/c1-28(2,3)7-6-27-12-25-15-8-14(5-4-13(15)10-21-25)23-17-9-16(19)24-18-20-11-22-26(17)18/h4-5,8-11,23H,6-7,12H2,1-3H3. The zero-order valence-electron chi connectivity index (χ0n) is 16.1. The van der Waals surface area contributed by atoms with Crippen molar-refractivity contribution in [2.45, 2.75) is 32.4 Å². The molecule has 4 rings (SSSR count). The number of nitrogens with zero attached hydrogens (tertiary/aromatic N) is 6. The smallest absolute Gasteiger partial charge is 0.255 e. The van der Waals surface area contributed by atoms with Crippen LogP contribution in [0.25, 0.3) is 16.7 Å². The highest BCUT2D eigenvalue weighted by atomic mass is 35.5. The molecule has 0 radical (unpaired) electrons. The maximum absolute atomic E-state index is 6.09. The molecule has 3 aromatic heterocycles. The molecule has 10 heteroatoms. The molecule has 0 fully saturated rings. The first kappa shape index (κ1) is 18.9. The van der Waals surface area contributed by atoms with Crippen LogP contribution in [0.15, 0.2) is 36.8 Å². The van der Waals surface area contributed by atoms with Gasteiger partial charge in [-0.15, -0.1) is 0 Å². The van der Waals surface area contributed by atoms with Crippen molar-refractivity contribution in [2.24, 2.45) is 0 Å². The van der Waals surface area contributed by atoms with Gasteiger partial charge in [0.15, 0.2) is 0 Å². The molecule has 4 aromatic rings. The quantitative estimate of drug-likeness (QED) is 0.277. The van der Waals surface area contributed by atoms with Gasteiger partial charge < -0.3 is 10.1 Å². The van der Waals surface area contributed by atoms with E-state index >= 15 is 0 Å². The van der Waals surface area contributed by atoms with Gasteiger partial charge in [-0.05, 0) is 24.2 Å². The average molecular weight is 416 g/mol. The monoisotopic (exact) mass is 415 g/mol. The lowest BCUT2D eigenvalue weighted by molar-refractivity contribution is 0.0817. The largest absolute Gasteiger partial charge is 0.360 e. The van der Waals surface area contributed by atoms with E-state index in [0.717, 1.165) is 29.2 Å². The van der Waals surface area contributed by atoms with E-state index in [9.17, 15) is 0 Å². The minimum absolute atomic E-state index is 0.352. The number of nitrogens with one attached hydrogen (secondary N) is 1. The Morgan fingerprint density at radius 2 is 2.04 bits per heavy atom. The van der Waals surface area contributed by atoms with Crippen LogP contribution >= 0.6 is 11.6 Å².